The van der Waals surface area contributed by atoms with Gasteiger partial charge in [0.1, 0.15) is 11.3 Å². The first-order chi connectivity index (χ1) is 16.0. The van der Waals surface area contributed by atoms with Crippen LogP contribution in [0.5, 0.6) is 5.75 Å². The molecular weight excluding hydrogens is 418 g/mol. The Kier molecular flexibility index (Phi) is 8.82. The van der Waals surface area contributed by atoms with Crippen LogP contribution in [0.25, 0.3) is 0 Å². The average molecular weight is 450 g/mol. The van der Waals surface area contributed by atoms with Crippen LogP contribution in [-0.4, -0.2) is 16.4 Å². The standard InChI is InChI=1S/C26H31N3O4/c1-2-24(30)33-21-14-12-20(13-15-21)28-25(31)22-18-19-10-6-3-4-7-11-23(19)29(26(22)32)17-9-5-8-16-27/h12-15,18H,2-11,17H2,1H3,(H,28,31). The average Bonchev–Trinajstić information content (AvgIpc) is 2.79. The van der Waals surface area contributed by atoms with Crippen molar-refractivity contribution in [2.45, 2.75) is 77.7 Å². The van der Waals surface area contributed by atoms with Crippen LogP contribution in [0.4, 0.5) is 5.69 Å². The molecule has 33 heavy (non-hydrogen) atoms. The molecule has 1 aromatic carbocycles. The summed E-state index contributed by atoms with van der Waals surface area (Å²) in [6.45, 7) is 2.23. The number of nitriles is 1. The van der Waals surface area contributed by atoms with E-state index in [2.05, 4.69) is 11.4 Å². The lowest BCUT2D eigenvalue weighted by Gasteiger charge is -2.21. The molecule has 1 heterocycles. The monoisotopic (exact) mass is 449 g/mol. The topological polar surface area (TPSA) is 101 Å². The van der Waals surface area contributed by atoms with E-state index in [1.165, 1.54) is 0 Å². The summed E-state index contributed by atoms with van der Waals surface area (Å²) in [6.07, 6.45) is 8.25. The van der Waals surface area contributed by atoms with Gasteiger partial charge < -0.3 is 14.6 Å². The van der Waals surface area contributed by atoms with Crippen molar-refractivity contribution >= 4 is 17.6 Å². The number of aromatic nitrogens is 1. The number of unbranched alkanes of at least 4 members (excludes halogenated alkanes) is 2. The number of ether oxygens (including phenoxy) is 1. The summed E-state index contributed by atoms with van der Waals surface area (Å²) in [5.74, 6) is -0.377. The smallest absolute Gasteiger partial charge is 0.310 e. The normalized spacial score (nSPS) is 13.2. The highest BCUT2D eigenvalue weighted by Gasteiger charge is 2.20. The molecule has 174 valence electrons. The maximum absolute atomic E-state index is 13.3. The van der Waals surface area contributed by atoms with Crippen LogP contribution in [0.15, 0.2) is 35.1 Å². The van der Waals surface area contributed by atoms with Crippen molar-refractivity contribution in [1.29, 1.82) is 5.26 Å². The molecule has 7 heteroatoms. The van der Waals surface area contributed by atoms with E-state index in [4.69, 9.17) is 10.00 Å². The Morgan fingerprint density at radius 1 is 1.09 bits per heavy atom. The molecule has 1 aliphatic carbocycles. The van der Waals surface area contributed by atoms with Gasteiger partial charge in [-0.3, -0.25) is 14.4 Å². The fourth-order valence-electron chi connectivity index (χ4n) is 4.12. The van der Waals surface area contributed by atoms with Crippen LogP contribution in [0, 0.1) is 11.3 Å². The first kappa shape index (κ1) is 24.2. The zero-order valence-electron chi connectivity index (χ0n) is 19.2. The number of nitrogens with zero attached hydrogens (tertiary/aromatic N) is 2. The fraction of sp³-hybridized carbons (Fsp3) is 0.462. The lowest BCUT2D eigenvalue weighted by Crippen LogP contribution is -2.33. The molecule has 2 aromatic rings. The number of pyridine rings is 1. The Hall–Kier alpha value is -3.40. The summed E-state index contributed by atoms with van der Waals surface area (Å²) in [7, 11) is 0. The molecule has 0 aliphatic heterocycles. The lowest BCUT2D eigenvalue weighted by molar-refractivity contribution is -0.134. The van der Waals surface area contributed by atoms with Gasteiger partial charge in [-0.25, -0.2) is 0 Å². The Morgan fingerprint density at radius 2 is 1.82 bits per heavy atom. The molecular formula is C26H31N3O4. The highest BCUT2D eigenvalue weighted by Crippen LogP contribution is 2.22. The Bertz CT molecular complexity index is 1080. The van der Waals surface area contributed by atoms with Crippen molar-refractivity contribution < 1.29 is 14.3 Å². The van der Waals surface area contributed by atoms with Crippen molar-refractivity contribution in [3.8, 4) is 11.8 Å². The minimum Gasteiger partial charge on any atom is -0.427 e. The van der Waals surface area contributed by atoms with E-state index in [1.807, 2.05) is 0 Å². The molecule has 1 amide bonds. The Morgan fingerprint density at radius 3 is 2.52 bits per heavy atom. The third-order valence-electron chi connectivity index (χ3n) is 5.90. The van der Waals surface area contributed by atoms with E-state index in [9.17, 15) is 14.4 Å². The van der Waals surface area contributed by atoms with Gasteiger partial charge in [0.2, 0.25) is 0 Å². The molecule has 0 radical (unpaired) electrons. The first-order valence-corrected chi connectivity index (χ1v) is 11.8. The molecule has 0 bridgehead atoms. The third kappa shape index (κ3) is 6.55. The van der Waals surface area contributed by atoms with Crippen molar-refractivity contribution in [2.75, 3.05) is 5.32 Å². The highest BCUT2D eigenvalue weighted by atomic mass is 16.5. The Labute approximate surface area is 194 Å². The van der Waals surface area contributed by atoms with Gasteiger partial charge >= 0.3 is 5.97 Å². The number of carbonyl (C=O) groups excluding carboxylic acids is 2. The quantitative estimate of drug-likeness (QED) is 0.355. The number of rotatable bonds is 8. The molecule has 7 nitrogen and oxygen atoms in total. The van der Waals surface area contributed by atoms with Gasteiger partial charge in [-0.15, -0.1) is 0 Å². The van der Waals surface area contributed by atoms with Gasteiger partial charge in [-0.05, 0) is 74.4 Å². The number of fused-ring (bicyclic) bond motifs is 1. The minimum absolute atomic E-state index is 0.135. The number of esters is 1. The van der Waals surface area contributed by atoms with Gasteiger partial charge in [0.15, 0.2) is 0 Å². The predicted octanol–water partition coefficient (Wildman–Crippen LogP) is 4.77. The molecule has 1 N–H and O–H groups in total. The zero-order chi connectivity index (χ0) is 23.6. The fourth-order valence-corrected chi connectivity index (χ4v) is 4.12. The van der Waals surface area contributed by atoms with Crippen LogP contribution in [-0.2, 0) is 24.2 Å². The molecule has 3 rings (SSSR count). The van der Waals surface area contributed by atoms with Crippen molar-refractivity contribution in [3.05, 3.63) is 57.5 Å². The number of nitrogens with one attached hydrogen (secondary N) is 1. The van der Waals surface area contributed by atoms with Crippen molar-refractivity contribution in [3.63, 3.8) is 0 Å². The van der Waals surface area contributed by atoms with E-state index in [1.54, 1.807) is 41.8 Å². The van der Waals surface area contributed by atoms with Crippen molar-refractivity contribution in [1.82, 2.24) is 4.57 Å². The molecule has 0 spiro atoms. The van der Waals surface area contributed by atoms with Crippen molar-refractivity contribution in [2.24, 2.45) is 0 Å². The molecule has 1 aliphatic rings. The summed E-state index contributed by atoms with van der Waals surface area (Å²) in [6, 6.07) is 10.4. The summed E-state index contributed by atoms with van der Waals surface area (Å²) >= 11 is 0. The first-order valence-electron chi connectivity index (χ1n) is 11.8. The van der Waals surface area contributed by atoms with E-state index < -0.39 is 5.91 Å². The molecule has 0 atom stereocenters. The van der Waals surface area contributed by atoms with Gasteiger partial charge in [-0.2, -0.15) is 5.26 Å². The number of aryl methyl sites for hydroxylation is 1. The van der Waals surface area contributed by atoms with E-state index in [-0.39, 0.29) is 23.5 Å². The molecule has 0 saturated heterocycles. The molecule has 0 saturated carbocycles. The molecule has 1 aromatic heterocycles. The van der Waals surface area contributed by atoms with Gasteiger partial charge in [0.25, 0.3) is 11.5 Å². The second-order valence-corrected chi connectivity index (χ2v) is 8.32. The van der Waals surface area contributed by atoms with E-state index >= 15 is 0 Å². The zero-order valence-corrected chi connectivity index (χ0v) is 19.2. The molecule has 0 unspecified atom stereocenters. The molecule has 0 fully saturated rings. The van der Waals surface area contributed by atoms with Crippen LogP contribution in [0.3, 0.4) is 0 Å². The lowest BCUT2D eigenvalue weighted by atomic mass is 9.95. The van der Waals surface area contributed by atoms with Crippen LogP contribution < -0.4 is 15.6 Å². The van der Waals surface area contributed by atoms with E-state index in [0.29, 0.717) is 24.4 Å². The maximum atomic E-state index is 13.3. The summed E-state index contributed by atoms with van der Waals surface area (Å²) < 4.78 is 6.92. The number of anilines is 1. The number of hydrogen-bond acceptors (Lipinski definition) is 5. The summed E-state index contributed by atoms with van der Waals surface area (Å²) in [5.41, 5.74) is 2.48. The second kappa shape index (κ2) is 12.0. The largest absolute Gasteiger partial charge is 0.427 e. The van der Waals surface area contributed by atoms with Crippen LogP contribution in [0.1, 0.15) is 79.9 Å². The van der Waals surface area contributed by atoms with Crippen LogP contribution >= 0.6 is 0 Å². The minimum atomic E-state index is -0.450. The van der Waals surface area contributed by atoms with Crippen LogP contribution in [0.2, 0.25) is 0 Å². The van der Waals surface area contributed by atoms with Gasteiger partial charge in [-0.1, -0.05) is 19.8 Å². The Balaban J connectivity index is 1.85. The number of carbonyl (C=O) groups is 2. The third-order valence-corrected chi connectivity index (χ3v) is 5.90. The maximum Gasteiger partial charge on any atom is 0.310 e. The summed E-state index contributed by atoms with van der Waals surface area (Å²) in [4.78, 5) is 37.8. The second-order valence-electron chi connectivity index (χ2n) is 8.32. The van der Waals surface area contributed by atoms with E-state index in [0.717, 1.165) is 62.6 Å². The van der Waals surface area contributed by atoms with Gasteiger partial charge in [0, 0.05) is 30.8 Å². The summed E-state index contributed by atoms with van der Waals surface area (Å²) in [5, 5.41) is 11.6. The van der Waals surface area contributed by atoms with Gasteiger partial charge in [0.05, 0.1) is 6.07 Å². The number of benzene rings is 1. The highest BCUT2D eigenvalue weighted by molar-refractivity contribution is 6.04. The number of hydrogen-bond donors (Lipinski definition) is 1. The SMILES string of the molecule is CCC(=O)Oc1ccc(NC(=O)c2cc3c(n(CCCCC#N)c2=O)CCCCCC3)cc1. The number of amides is 1. The predicted molar refractivity (Wildman–Crippen MR) is 126 cm³/mol.